The molecule has 1 unspecified atom stereocenters. The molecular formula is C15H20N4O. The van der Waals surface area contributed by atoms with Crippen molar-refractivity contribution in [3.8, 4) is 5.75 Å². The van der Waals surface area contributed by atoms with Crippen LogP contribution in [0.3, 0.4) is 0 Å². The molecular weight excluding hydrogens is 252 g/mol. The monoisotopic (exact) mass is 272 g/mol. The molecule has 5 nitrogen and oxygen atoms in total. The van der Waals surface area contributed by atoms with Crippen LogP contribution in [0.1, 0.15) is 20.3 Å². The second kappa shape index (κ2) is 6.75. The van der Waals surface area contributed by atoms with Crippen molar-refractivity contribution in [3.63, 3.8) is 0 Å². The van der Waals surface area contributed by atoms with E-state index in [1.807, 2.05) is 30.3 Å². The van der Waals surface area contributed by atoms with E-state index in [2.05, 4.69) is 34.4 Å². The number of ether oxygens (including phenoxy) is 1. The van der Waals surface area contributed by atoms with Crippen molar-refractivity contribution < 1.29 is 4.74 Å². The lowest BCUT2D eigenvalue weighted by Crippen LogP contribution is -2.15. The quantitative estimate of drug-likeness (QED) is 0.843. The van der Waals surface area contributed by atoms with Gasteiger partial charge in [-0.1, -0.05) is 19.1 Å². The van der Waals surface area contributed by atoms with Crippen LogP contribution in [0, 0.1) is 0 Å². The van der Waals surface area contributed by atoms with Crippen molar-refractivity contribution in [2.75, 3.05) is 17.7 Å². The first kappa shape index (κ1) is 14.1. The van der Waals surface area contributed by atoms with Gasteiger partial charge in [0.15, 0.2) is 0 Å². The van der Waals surface area contributed by atoms with E-state index in [1.165, 1.54) is 0 Å². The number of aromatic nitrogens is 2. The third-order valence-corrected chi connectivity index (χ3v) is 3.02. The maximum Gasteiger partial charge on any atom is 0.229 e. The Morgan fingerprint density at radius 3 is 2.80 bits per heavy atom. The standard InChI is InChI=1S/C15H20N4O/c1-4-11(2)17-14-9-10-16-15(19-14)18-12-7-5-6-8-13(12)20-3/h5-11H,4H2,1-3H3,(H2,16,17,18,19). The molecule has 1 atom stereocenters. The van der Waals surface area contributed by atoms with Crippen LogP contribution < -0.4 is 15.4 Å². The molecule has 1 aromatic heterocycles. The Hall–Kier alpha value is -2.30. The zero-order chi connectivity index (χ0) is 14.4. The van der Waals surface area contributed by atoms with E-state index in [0.717, 1.165) is 23.7 Å². The highest BCUT2D eigenvalue weighted by molar-refractivity contribution is 5.62. The summed E-state index contributed by atoms with van der Waals surface area (Å²) < 4.78 is 5.30. The molecule has 0 radical (unpaired) electrons. The first-order chi connectivity index (χ1) is 9.72. The van der Waals surface area contributed by atoms with Crippen molar-refractivity contribution in [2.45, 2.75) is 26.3 Å². The van der Waals surface area contributed by atoms with E-state index in [9.17, 15) is 0 Å². The van der Waals surface area contributed by atoms with Crippen LogP contribution in [0.4, 0.5) is 17.5 Å². The van der Waals surface area contributed by atoms with Gasteiger partial charge in [-0.15, -0.1) is 0 Å². The highest BCUT2D eigenvalue weighted by atomic mass is 16.5. The summed E-state index contributed by atoms with van der Waals surface area (Å²) in [6.07, 6.45) is 2.77. The average molecular weight is 272 g/mol. The molecule has 0 saturated carbocycles. The Morgan fingerprint density at radius 2 is 2.05 bits per heavy atom. The smallest absolute Gasteiger partial charge is 0.229 e. The largest absolute Gasteiger partial charge is 0.495 e. The van der Waals surface area contributed by atoms with E-state index in [1.54, 1.807) is 13.3 Å². The molecule has 1 heterocycles. The molecule has 1 aromatic carbocycles. The molecule has 0 aliphatic heterocycles. The summed E-state index contributed by atoms with van der Waals surface area (Å²) in [5.74, 6) is 2.12. The summed E-state index contributed by atoms with van der Waals surface area (Å²) in [5, 5.41) is 6.49. The summed E-state index contributed by atoms with van der Waals surface area (Å²) in [6.45, 7) is 4.25. The van der Waals surface area contributed by atoms with Gasteiger partial charge in [-0.3, -0.25) is 0 Å². The fraction of sp³-hybridized carbons (Fsp3) is 0.333. The predicted molar refractivity (Wildman–Crippen MR) is 81.7 cm³/mol. The topological polar surface area (TPSA) is 59.1 Å². The number of hydrogen-bond donors (Lipinski definition) is 2. The fourth-order valence-electron chi connectivity index (χ4n) is 1.72. The summed E-state index contributed by atoms with van der Waals surface area (Å²) in [5.41, 5.74) is 0.843. The molecule has 2 N–H and O–H groups in total. The number of anilines is 3. The van der Waals surface area contributed by atoms with Crippen molar-refractivity contribution in [2.24, 2.45) is 0 Å². The second-order valence-electron chi connectivity index (χ2n) is 4.54. The molecule has 5 heteroatoms. The van der Waals surface area contributed by atoms with Gasteiger partial charge >= 0.3 is 0 Å². The highest BCUT2D eigenvalue weighted by Gasteiger charge is 2.05. The molecule has 20 heavy (non-hydrogen) atoms. The maximum absolute atomic E-state index is 5.30. The van der Waals surface area contributed by atoms with Gasteiger partial charge in [0.2, 0.25) is 5.95 Å². The van der Waals surface area contributed by atoms with Gasteiger partial charge in [0, 0.05) is 12.2 Å². The lowest BCUT2D eigenvalue weighted by atomic mass is 10.2. The van der Waals surface area contributed by atoms with Gasteiger partial charge in [0.25, 0.3) is 0 Å². The zero-order valence-electron chi connectivity index (χ0n) is 12.1. The molecule has 106 valence electrons. The second-order valence-corrected chi connectivity index (χ2v) is 4.54. The Bertz CT molecular complexity index is 559. The Labute approximate surface area is 119 Å². The highest BCUT2D eigenvalue weighted by Crippen LogP contribution is 2.25. The third-order valence-electron chi connectivity index (χ3n) is 3.02. The van der Waals surface area contributed by atoms with Crippen LogP contribution in [0.15, 0.2) is 36.5 Å². The number of nitrogens with one attached hydrogen (secondary N) is 2. The minimum absolute atomic E-state index is 0.379. The minimum atomic E-state index is 0.379. The molecule has 0 aliphatic carbocycles. The Balaban J connectivity index is 2.15. The van der Waals surface area contributed by atoms with E-state index in [0.29, 0.717) is 12.0 Å². The lowest BCUT2D eigenvalue weighted by Gasteiger charge is -2.13. The van der Waals surface area contributed by atoms with Gasteiger partial charge in [0.05, 0.1) is 12.8 Å². The summed E-state index contributed by atoms with van der Waals surface area (Å²) in [7, 11) is 1.64. The Morgan fingerprint density at radius 1 is 1.25 bits per heavy atom. The lowest BCUT2D eigenvalue weighted by molar-refractivity contribution is 0.417. The maximum atomic E-state index is 5.30. The molecule has 0 amide bonds. The van der Waals surface area contributed by atoms with Gasteiger partial charge in [-0.2, -0.15) is 4.98 Å². The molecule has 0 bridgehead atoms. The number of para-hydroxylation sites is 2. The number of nitrogens with zero attached hydrogens (tertiary/aromatic N) is 2. The predicted octanol–water partition coefficient (Wildman–Crippen LogP) is 3.44. The van der Waals surface area contributed by atoms with Gasteiger partial charge < -0.3 is 15.4 Å². The number of rotatable bonds is 6. The molecule has 2 aromatic rings. The molecule has 0 spiro atoms. The summed E-state index contributed by atoms with van der Waals surface area (Å²) in [6, 6.07) is 9.92. The van der Waals surface area contributed by atoms with E-state index >= 15 is 0 Å². The number of hydrogen-bond acceptors (Lipinski definition) is 5. The summed E-state index contributed by atoms with van der Waals surface area (Å²) in [4.78, 5) is 8.67. The van der Waals surface area contributed by atoms with E-state index < -0.39 is 0 Å². The van der Waals surface area contributed by atoms with Crippen molar-refractivity contribution in [3.05, 3.63) is 36.5 Å². The SMILES string of the molecule is CCC(C)Nc1ccnc(Nc2ccccc2OC)n1. The van der Waals surface area contributed by atoms with Crippen LogP contribution in [0.5, 0.6) is 5.75 Å². The molecule has 0 fully saturated rings. The number of benzene rings is 1. The van der Waals surface area contributed by atoms with E-state index in [4.69, 9.17) is 4.74 Å². The zero-order valence-corrected chi connectivity index (χ0v) is 12.1. The third kappa shape index (κ3) is 3.60. The molecule has 2 rings (SSSR count). The number of methoxy groups -OCH3 is 1. The molecule has 0 aliphatic rings. The van der Waals surface area contributed by atoms with E-state index in [-0.39, 0.29) is 0 Å². The van der Waals surface area contributed by atoms with Crippen LogP contribution in [-0.4, -0.2) is 23.1 Å². The fourth-order valence-corrected chi connectivity index (χ4v) is 1.72. The first-order valence-electron chi connectivity index (χ1n) is 6.72. The normalized spacial score (nSPS) is 11.8. The summed E-state index contributed by atoms with van der Waals surface area (Å²) >= 11 is 0. The van der Waals surface area contributed by atoms with Crippen molar-refractivity contribution in [1.29, 1.82) is 0 Å². The first-order valence-corrected chi connectivity index (χ1v) is 6.72. The van der Waals surface area contributed by atoms with Crippen LogP contribution in [0.2, 0.25) is 0 Å². The van der Waals surface area contributed by atoms with Crippen LogP contribution >= 0.6 is 0 Å². The van der Waals surface area contributed by atoms with Gasteiger partial charge in [-0.25, -0.2) is 4.98 Å². The molecule has 0 saturated heterocycles. The average Bonchev–Trinajstić information content (AvgIpc) is 2.48. The van der Waals surface area contributed by atoms with Crippen molar-refractivity contribution >= 4 is 17.5 Å². The van der Waals surface area contributed by atoms with Crippen LogP contribution in [0.25, 0.3) is 0 Å². The minimum Gasteiger partial charge on any atom is -0.495 e. The van der Waals surface area contributed by atoms with Crippen molar-refractivity contribution in [1.82, 2.24) is 9.97 Å². The van der Waals surface area contributed by atoms with Crippen LogP contribution in [-0.2, 0) is 0 Å². The van der Waals surface area contributed by atoms with Gasteiger partial charge in [-0.05, 0) is 31.5 Å². The Kier molecular flexibility index (Phi) is 4.76. The van der Waals surface area contributed by atoms with Gasteiger partial charge in [0.1, 0.15) is 11.6 Å².